The molecule has 0 aromatic heterocycles. The molecule has 2 nitrogen and oxygen atoms in total. The van der Waals surface area contributed by atoms with Crippen LogP contribution in [0, 0.1) is 20.8 Å². The number of aryl methyl sites for hydroxylation is 1. The maximum absolute atomic E-state index is 3.62. The third-order valence-electron chi connectivity index (χ3n) is 4.35. The molecule has 1 aromatic rings. The van der Waals surface area contributed by atoms with Gasteiger partial charge in [-0.15, -0.1) is 0 Å². The standard InChI is InChI=1S/C16H26N2/c1-12-8-9-16(14(3)13(12)2)18(4)11-15-7-5-6-10-17-15/h8-9,15,17H,5-7,10-11H2,1-4H3. The van der Waals surface area contributed by atoms with Crippen molar-refractivity contribution in [2.45, 2.75) is 46.1 Å². The molecule has 0 radical (unpaired) electrons. The average molecular weight is 246 g/mol. The normalized spacial score (nSPS) is 19.9. The van der Waals surface area contributed by atoms with Crippen LogP contribution in [-0.2, 0) is 0 Å². The van der Waals surface area contributed by atoms with Crippen molar-refractivity contribution in [2.24, 2.45) is 0 Å². The molecule has 1 aromatic carbocycles. The van der Waals surface area contributed by atoms with Gasteiger partial charge in [-0.2, -0.15) is 0 Å². The summed E-state index contributed by atoms with van der Waals surface area (Å²) in [6.45, 7) is 8.95. The molecule has 0 spiro atoms. The van der Waals surface area contributed by atoms with Crippen molar-refractivity contribution in [1.29, 1.82) is 0 Å². The van der Waals surface area contributed by atoms with Gasteiger partial charge in [-0.1, -0.05) is 12.5 Å². The van der Waals surface area contributed by atoms with Gasteiger partial charge in [-0.3, -0.25) is 0 Å². The van der Waals surface area contributed by atoms with E-state index in [4.69, 9.17) is 0 Å². The number of hydrogen-bond acceptors (Lipinski definition) is 2. The van der Waals surface area contributed by atoms with Gasteiger partial charge < -0.3 is 10.2 Å². The lowest BCUT2D eigenvalue weighted by atomic mass is 10.0. The van der Waals surface area contributed by atoms with Crippen molar-refractivity contribution in [3.63, 3.8) is 0 Å². The molecule has 1 saturated heterocycles. The lowest BCUT2D eigenvalue weighted by molar-refractivity contribution is 0.403. The van der Waals surface area contributed by atoms with E-state index in [0.29, 0.717) is 6.04 Å². The number of piperidine rings is 1. The Morgan fingerprint density at radius 1 is 1.17 bits per heavy atom. The van der Waals surface area contributed by atoms with Gasteiger partial charge in [-0.25, -0.2) is 0 Å². The lowest BCUT2D eigenvalue weighted by Crippen LogP contribution is -2.42. The fourth-order valence-electron chi connectivity index (χ4n) is 2.86. The summed E-state index contributed by atoms with van der Waals surface area (Å²) >= 11 is 0. The van der Waals surface area contributed by atoms with Gasteiger partial charge in [0.2, 0.25) is 0 Å². The highest BCUT2D eigenvalue weighted by Gasteiger charge is 2.16. The average Bonchev–Trinajstić information content (AvgIpc) is 2.37. The van der Waals surface area contributed by atoms with E-state index in [1.165, 1.54) is 48.2 Å². The first-order valence-corrected chi connectivity index (χ1v) is 7.11. The van der Waals surface area contributed by atoms with Gasteiger partial charge in [0.1, 0.15) is 0 Å². The van der Waals surface area contributed by atoms with E-state index in [-0.39, 0.29) is 0 Å². The van der Waals surface area contributed by atoms with Crippen molar-refractivity contribution < 1.29 is 0 Å². The fourth-order valence-corrected chi connectivity index (χ4v) is 2.86. The first-order valence-electron chi connectivity index (χ1n) is 7.11. The Labute approximate surface area is 111 Å². The van der Waals surface area contributed by atoms with Crippen LogP contribution in [0.15, 0.2) is 12.1 Å². The van der Waals surface area contributed by atoms with Crippen LogP contribution in [0.1, 0.15) is 36.0 Å². The molecule has 2 heteroatoms. The number of hydrogen-bond donors (Lipinski definition) is 1. The molecule has 1 atom stereocenters. The Balaban J connectivity index is 2.08. The van der Waals surface area contributed by atoms with Crippen LogP contribution in [0.2, 0.25) is 0 Å². The molecule has 0 aliphatic carbocycles. The smallest absolute Gasteiger partial charge is 0.0396 e. The molecular weight excluding hydrogens is 220 g/mol. The number of benzene rings is 1. The predicted octanol–water partition coefficient (Wildman–Crippen LogP) is 3.19. The van der Waals surface area contributed by atoms with Crippen LogP contribution in [0.25, 0.3) is 0 Å². The Morgan fingerprint density at radius 2 is 1.94 bits per heavy atom. The van der Waals surface area contributed by atoms with Crippen molar-refractivity contribution in [1.82, 2.24) is 5.32 Å². The molecular formula is C16H26N2. The Hall–Kier alpha value is -1.02. The number of nitrogens with zero attached hydrogens (tertiary/aromatic N) is 1. The van der Waals surface area contributed by atoms with E-state index in [1.54, 1.807) is 0 Å². The largest absolute Gasteiger partial charge is 0.373 e. The van der Waals surface area contributed by atoms with E-state index in [0.717, 1.165) is 6.54 Å². The second-order valence-corrected chi connectivity index (χ2v) is 5.68. The zero-order valence-electron chi connectivity index (χ0n) is 12.2. The summed E-state index contributed by atoms with van der Waals surface area (Å²) in [5.41, 5.74) is 5.62. The maximum atomic E-state index is 3.62. The van der Waals surface area contributed by atoms with E-state index < -0.39 is 0 Å². The SMILES string of the molecule is Cc1ccc(N(C)CC2CCCCN2)c(C)c1C. The molecule has 1 fully saturated rings. The highest BCUT2D eigenvalue weighted by Crippen LogP contribution is 2.25. The Kier molecular flexibility index (Phi) is 4.28. The van der Waals surface area contributed by atoms with Gasteiger partial charge in [0.25, 0.3) is 0 Å². The highest BCUT2D eigenvalue weighted by molar-refractivity contribution is 5.57. The number of likely N-dealkylation sites (N-methyl/N-ethyl adjacent to an activating group) is 1. The molecule has 18 heavy (non-hydrogen) atoms. The summed E-state index contributed by atoms with van der Waals surface area (Å²) in [6.07, 6.45) is 4.02. The molecule has 0 bridgehead atoms. The van der Waals surface area contributed by atoms with Crippen LogP contribution in [0.3, 0.4) is 0 Å². The molecule has 1 N–H and O–H groups in total. The Bertz CT molecular complexity index is 406. The number of nitrogens with one attached hydrogen (secondary N) is 1. The molecule has 1 aliphatic heterocycles. The lowest BCUT2D eigenvalue weighted by Gasteiger charge is -2.30. The Morgan fingerprint density at radius 3 is 2.61 bits per heavy atom. The minimum absolute atomic E-state index is 0.657. The summed E-state index contributed by atoms with van der Waals surface area (Å²) in [5, 5.41) is 3.62. The van der Waals surface area contributed by atoms with Crippen LogP contribution in [0.4, 0.5) is 5.69 Å². The summed E-state index contributed by atoms with van der Waals surface area (Å²) in [6, 6.07) is 5.16. The van der Waals surface area contributed by atoms with Crippen molar-refractivity contribution in [2.75, 3.05) is 25.0 Å². The molecule has 100 valence electrons. The summed E-state index contributed by atoms with van der Waals surface area (Å²) in [7, 11) is 2.22. The van der Waals surface area contributed by atoms with E-state index in [1.807, 2.05) is 0 Å². The minimum Gasteiger partial charge on any atom is -0.373 e. The second kappa shape index (κ2) is 5.75. The van der Waals surface area contributed by atoms with Crippen molar-refractivity contribution in [3.8, 4) is 0 Å². The number of rotatable bonds is 3. The molecule has 1 heterocycles. The van der Waals surface area contributed by atoms with Crippen LogP contribution in [-0.4, -0.2) is 26.2 Å². The van der Waals surface area contributed by atoms with Gasteiger partial charge in [0, 0.05) is 25.3 Å². The van der Waals surface area contributed by atoms with Gasteiger partial charge in [0.05, 0.1) is 0 Å². The topological polar surface area (TPSA) is 15.3 Å². The third kappa shape index (κ3) is 2.86. The van der Waals surface area contributed by atoms with E-state index >= 15 is 0 Å². The quantitative estimate of drug-likeness (QED) is 0.881. The first-order chi connectivity index (χ1) is 8.59. The molecule has 0 saturated carbocycles. The molecule has 0 amide bonds. The predicted molar refractivity (Wildman–Crippen MR) is 79.6 cm³/mol. The second-order valence-electron chi connectivity index (χ2n) is 5.68. The zero-order chi connectivity index (χ0) is 13.1. The van der Waals surface area contributed by atoms with Crippen LogP contribution >= 0.6 is 0 Å². The highest BCUT2D eigenvalue weighted by atomic mass is 15.1. The first kappa shape index (κ1) is 13.4. The molecule has 2 rings (SSSR count). The van der Waals surface area contributed by atoms with Gasteiger partial charge in [0.15, 0.2) is 0 Å². The molecule has 1 unspecified atom stereocenters. The number of anilines is 1. The van der Waals surface area contributed by atoms with E-state index in [2.05, 4.69) is 50.2 Å². The monoisotopic (exact) mass is 246 g/mol. The zero-order valence-corrected chi connectivity index (χ0v) is 12.2. The van der Waals surface area contributed by atoms with Crippen molar-refractivity contribution in [3.05, 3.63) is 28.8 Å². The summed E-state index contributed by atoms with van der Waals surface area (Å²) < 4.78 is 0. The maximum Gasteiger partial charge on any atom is 0.0396 e. The fraction of sp³-hybridized carbons (Fsp3) is 0.625. The van der Waals surface area contributed by atoms with Gasteiger partial charge >= 0.3 is 0 Å². The van der Waals surface area contributed by atoms with Gasteiger partial charge in [-0.05, 0) is 62.9 Å². The van der Waals surface area contributed by atoms with Crippen molar-refractivity contribution >= 4 is 5.69 Å². The summed E-state index contributed by atoms with van der Waals surface area (Å²) in [4.78, 5) is 2.41. The van der Waals surface area contributed by atoms with Crippen LogP contribution < -0.4 is 10.2 Å². The molecule has 1 aliphatic rings. The van der Waals surface area contributed by atoms with E-state index in [9.17, 15) is 0 Å². The third-order valence-corrected chi connectivity index (χ3v) is 4.35. The minimum atomic E-state index is 0.657. The van der Waals surface area contributed by atoms with Crippen LogP contribution in [0.5, 0.6) is 0 Å². The summed E-state index contributed by atoms with van der Waals surface area (Å²) in [5.74, 6) is 0.